The molecule has 0 N–H and O–H groups in total. The van der Waals surface area contributed by atoms with Crippen molar-refractivity contribution in [3.63, 3.8) is 0 Å². The van der Waals surface area contributed by atoms with Crippen LogP contribution in [0.25, 0.3) is 32.4 Å². The van der Waals surface area contributed by atoms with Gasteiger partial charge in [0.05, 0.1) is 28.8 Å². The first-order valence-electron chi connectivity index (χ1n) is 9.73. The molecule has 0 aliphatic heterocycles. The Bertz CT molecular complexity index is 1470. The lowest BCUT2D eigenvalue weighted by Crippen LogP contribution is -2.21. The van der Waals surface area contributed by atoms with E-state index >= 15 is 0 Å². The second-order valence-corrected chi connectivity index (χ2v) is 8.51. The van der Waals surface area contributed by atoms with Crippen LogP contribution in [0.15, 0.2) is 44.4 Å². The number of hydrogen-bond acceptors (Lipinski definition) is 8. The molecule has 4 aromatic heterocycles. The summed E-state index contributed by atoms with van der Waals surface area (Å²) in [7, 11) is 0. The molecule has 0 atom stereocenters. The Kier molecular flexibility index (Phi) is 4.55. The number of aromatic nitrogens is 5. The van der Waals surface area contributed by atoms with Gasteiger partial charge in [-0.3, -0.25) is 9.36 Å². The zero-order valence-corrected chi connectivity index (χ0v) is 18.3. The van der Waals surface area contributed by atoms with E-state index in [9.17, 15) is 4.79 Å². The Morgan fingerprint density at radius 2 is 1.94 bits per heavy atom. The van der Waals surface area contributed by atoms with Gasteiger partial charge >= 0.3 is 0 Å². The standard InChI is InChI=1S/C22H19N5O3S/c1-11-6-5-7-15(8-11)19-24-20(30-26-19)18-12(2)17-21(31-18)23-10-27(22(17)28)9-16-13(3)25-29-14(16)4/h5-8,10H,9H2,1-4H3. The van der Waals surface area contributed by atoms with Crippen LogP contribution in [-0.2, 0) is 6.54 Å². The molecule has 0 unspecified atom stereocenters. The Morgan fingerprint density at radius 1 is 1.10 bits per heavy atom. The average Bonchev–Trinajstić information content (AvgIpc) is 3.44. The minimum Gasteiger partial charge on any atom is -0.361 e. The maximum Gasteiger partial charge on any atom is 0.268 e. The molecule has 0 amide bonds. The molecule has 0 aliphatic carbocycles. The number of rotatable bonds is 4. The summed E-state index contributed by atoms with van der Waals surface area (Å²) in [5, 5.41) is 8.65. The van der Waals surface area contributed by atoms with Gasteiger partial charge in [0.2, 0.25) is 5.82 Å². The second kappa shape index (κ2) is 7.28. The lowest BCUT2D eigenvalue weighted by molar-refractivity contribution is 0.392. The number of thiophene rings is 1. The SMILES string of the molecule is Cc1cccc(-c2noc(-c3sc4ncn(Cc5c(C)noc5C)c(=O)c4c3C)n2)c1. The highest BCUT2D eigenvalue weighted by atomic mass is 32.1. The zero-order chi connectivity index (χ0) is 21.7. The highest BCUT2D eigenvalue weighted by Crippen LogP contribution is 2.35. The van der Waals surface area contributed by atoms with Crippen molar-refractivity contribution in [1.29, 1.82) is 0 Å². The van der Waals surface area contributed by atoms with Crippen molar-refractivity contribution < 1.29 is 9.05 Å². The molecule has 0 saturated carbocycles. The summed E-state index contributed by atoms with van der Waals surface area (Å²) in [5.74, 6) is 1.59. The summed E-state index contributed by atoms with van der Waals surface area (Å²) in [5.41, 5.74) is 4.31. The summed E-state index contributed by atoms with van der Waals surface area (Å²) < 4.78 is 12.3. The molecule has 0 spiro atoms. The van der Waals surface area contributed by atoms with E-state index in [1.165, 1.54) is 11.3 Å². The maximum absolute atomic E-state index is 13.2. The predicted octanol–water partition coefficient (Wildman–Crippen LogP) is 4.44. The van der Waals surface area contributed by atoms with Crippen molar-refractivity contribution in [2.75, 3.05) is 0 Å². The van der Waals surface area contributed by atoms with E-state index in [4.69, 9.17) is 9.05 Å². The van der Waals surface area contributed by atoms with E-state index in [-0.39, 0.29) is 5.56 Å². The molecular weight excluding hydrogens is 414 g/mol. The van der Waals surface area contributed by atoms with E-state index in [0.717, 1.165) is 32.8 Å². The number of benzene rings is 1. The first-order chi connectivity index (χ1) is 14.9. The molecule has 0 bridgehead atoms. The summed E-state index contributed by atoms with van der Waals surface area (Å²) in [6.07, 6.45) is 1.56. The third-order valence-electron chi connectivity index (χ3n) is 5.32. The normalized spacial score (nSPS) is 11.5. The van der Waals surface area contributed by atoms with Crippen molar-refractivity contribution >= 4 is 21.6 Å². The van der Waals surface area contributed by atoms with Crippen LogP contribution in [0.3, 0.4) is 0 Å². The van der Waals surface area contributed by atoms with Gasteiger partial charge < -0.3 is 9.05 Å². The van der Waals surface area contributed by atoms with Gasteiger partial charge in [0.25, 0.3) is 11.4 Å². The molecule has 0 fully saturated rings. The van der Waals surface area contributed by atoms with Crippen LogP contribution in [0.1, 0.15) is 28.1 Å². The minimum absolute atomic E-state index is 0.122. The highest BCUT2D eigenvalue weighted by molar-refractivity contribution is 7.22. The van der Waals surface area contributed by atoms with Gasteiger partial charge in [0.15, 0.2) is 0 Å². The molecule has 156 valence electrons. The average molecular weight is 433 g/mol. The van der Waals surface area contributed by atoms with E-state index in [2.05, 4.69) is 20.3 Å². The maximum atomic E-state index is 13.2. The molecule has 31 heavy (non-hydrogen) atoms. The van der Waals surface area contributed by atoms with Gasteiger partial charge in [0.1, 0.15) is 10.6 Å². The Labute approximate surface area is 181 Å². The number of aryl methyl sites for hydroxylation is 4. The third kappa shape index (κ3) is 3.27. The van der Waals surface area contributed by atoms with Gasteiger partial charge in [-0.2, -0.15) is 4.98 Å². The molecule has 8 nitrogen and oxygen atoms in total. The van der Waals surface area contributed by atoms with Crippen LogP contribution >= 0.6 is 11.3 Å². The molecule has 0 radical (unpaired) electrons. The smallest absolute Gasteiger partial charge is 0.268 e. The van der Waals surface area contributed by atoms with Crippen LogP contribution in [0.4, 0.5) is 0 Å². The quantitative estimate of drug-likeness (QED) is 0.413. The van der Waals surface area contributed by atoms with Crippen molar-refractivity contribution in [3.8, 4) is 22.2 Å². The monoisotopic (exact) mass is 433 g/mol. The van der Waals surface area contributed by atoms with Gasteiger partial charge in [-0.25, -0.2) is 4.98 Å². The van der Waals surface area contributed by atoms with Crippen molar-refractivity contribution in [3.05, 3.63) is 69.1 Å². The van der Waals surface area contributed by atoms with Crippen LogP contribution in [0, 0.1) is 27.7 Å². The topological polar surface area (TPSA) is 99.8 Å². The first kappa shape index (κ1) is 19.4. The van der Waals surface area contributed by atoms with Crippen molar-refractivity contribution in [2.24, 2.45) is 0 Å². The number of hydrogen-bond donors (Lipinski definition) is 0. The lowest BCUT2D eigenvalue weighted by Gasteiger charge is -2.05. The third-order valence-corrected chi connectivity index (χ3v) is 6.51. The molecule has 0 aliphatic rings. The molecule has 9 heteroatoms. The van der Waals surface area contributed by atoms with Crippen molar-refractivity contribution in [1.82, 2.24) is 24.8 Å². The summed E-state index contributed by atoms with van der Waals surface area (Å²) in [6.45, 7) is 7.94. The van der Waals surface area contributed by atoms with E-state index in [1.807, 2.05) is 52.0 Å². The Morgan fingerprint density at radius 3 is 2.68 bits per heavy atom. The second-order valence-electron chi connectivity index (χ2n) is 7.51. The van der Waals surface area contributed by atoms with E-state index < -0.39 is 0 Å². The molecule has 5 aromatic rings. The van der Waals surface area contributed by atoms with Crippen LogP contribution < -0.4 is 5.56 Å². The van der Waals surface area contributed by atoms with Crippen LogP contribution in [-0.4, -0.2) is 24.8 Å². The molecule has 4 heterocycles. The van der Waals surface area contributed by atoms with Crippen molar-refractivity contribution in [2.45, 2.75) is 34.2 Å². The Hall–Kier alpha value is -3.59. The van der Waals surface area contributed by atoms with Gasteiger partial charge in [-0.05, 0) is 39.3 Å². The van der Waals surface area contributed by atoms with Gasteiger partial charge in [0, 0.05) is 11.1 Å². The molecular formula is C22H19N5O3S. The lowest BCUT2D eigenvalue weighted by atomic mass is 10.1. The van der Waals surface area contributed by atoms with Crippen LogP contribution in [0.2, 0.25) is 0 Å². The number of nitrogens with zero attached hydrogens (tertiary/aromatic N) is 5. The molecule has 1 aromatic carbocycles. The Balaban J connectivity index is 1.57. The fourth-order valence-electron chi connectivity index (χ4n) is 3.59. The highest BCUT2D eigenvalue weighted by Gasteiger charge is 2.21. The summed E-state index contributed by atoms with van der Waals surface area (Å²) >= 11 is 1.37. The first-order valence-corrected chi connectivity index (χ1v) is 10.6. The predicted molar refractivity (Wildman–Crippen MR) is 117 cm³/mol. The van der Waals surface area contributed by atoms with Gasteiger partial charge in [-0.1, -0.05) is 34.1 Å². The fourth-order valence-corrected chi connectivity index (χ4v) is 4.65. The van der Waals surface area contributed by atoms with Crippen LogP contribution in [0.5, 0.6) is 0 Å². The number of fused-ring (bicyclic) bond motifs is 1. The molecule has 0 saturated heterocycles. The minimum atomic E-state index is -0.122. The van der Waals surface area contributed by atoms with E-state index in [1.54, 1.807) is 10.9 Å². The zero-order valence-electron chi connectivity index (χ0n) is 17.5. The van der Waals surface area contributed by atoms with Gasteiger partial charge in [-0.15, -0.1) is 11.3 Å². The van der Waals surface area contributed by atoms with E-state index in [0.29, 0.717) is 34.2 Å². The fraction of sp³-hybridized carbons (Fsp3) is 0.227. The molecule has 5 rings (SSSR count). The summed E-state index contributed by atoms with van der Waals surface area (Å²) in [4.78, 5) is 23.7. The largest absolute Gasteiger partial charge is 0.361 e. The summed E-state index contributed by atoms with van der Waals surface area (Å²) in [6, 6.07) is 7.91.